The Kier molecular flexibility index (Phi) is 4.09. The Hall–Kier alpha value is -1.81. The van der Waals surface area contributed by atoms with Crippen molar-refractivity contribution in [2.75, 3.05) is 13.1 Å². The number of allylic oxidation sites excluding steroid dienone is 1. The molecule has 3 aliphatic rings. The summed E-state index contributed by atoms with van der Waals surface area (Å²) in [6.07, 6.45) is 5.79. The molecule has 1 amide bonds. The second-order valence-electron chi connectivity index (χ2n) is 7.42. The standard InChI is InChI=1S/C20H27N3O/c1-15-18(19(24)21-14-16-7-3-2-4-8-16)17-9-5-10-20(13-17)22-11-6-12-23(15)20/h2-4,7-8,17,22H,5-6,9-14H2,1H3,(H,21,24). The van der Waals surface area contributed by atoms with Crippen molar-refractivity contribution in [3.8, 4) is 0 Å². The third kappa shape index (κ3) is 2.63. The molecule has 4 heteroatoms. The van der Waals surface area contributed by atoms with Gasteiger partial charge >= 0.3 is 0 Å². The molecule has 4 nitrogen and oxygen atoms in total. The van der Waals surface area contributed by atoms with Gasteiger partial charge in [0.05, 0.1) is 5.66 Å². The van der Waals surface area contributed by atoms with Crippen LogP contribution in [0.15, 0.2) is 41.6 Å². The molecule has 2 bridgehead atoms. The fourth-order valence-electron chi connectivity index (χ4n) is 4.93. The third-order valence-corrected chi connectivity index (χ3v) is 6.00. The molecule has 2 unspecified atom stereocenters. The molecule has 0 radical (unpaired) electrons. The predicted octanol–water partition coefficient (Wildman–Crippen LogP) is 2.77. The number of nitrogens with one attached hydrogen (secondary N) is 2. The van der Waals surface area contributed by atoms with Crippen LogP contribution >= 0.6 is 0 Å². The van der Waals surface area contributed by atoms with Crippen LogP contribution in [-0.4, -0.2) is 29.6 Å². The number of carbonyl (C=O) groups is 1. The summed E-state index contributed by atoms with van der Waals surface area (Å²) in [6, 6.07) is 10.2. The summed E-state index contributed by atoms with van der Waals surface area (Å²) in [7, 11) is 0. The number of nitrogens with zero attached hydrogens (tertiary/aromatic N) is 1. The van der Waals surface area contributed by atoms with Crippen LogP contribution in [-0.2, 0) is 11.3 Å². The molecular weight excluding hydrogens is 298 g/mol. The molecule has 2 fully saturated rings. The van der Waals surface area contributed by atoms with Crippen LogP contribution in [0.1, 0.15) is 44.6 Å². The topological polar surface area (TPSA) is 44.4 Å². The van der Waals surface area contributed by atoms with Crippen LogP contribution in [0.2, 0.25) is 0 Å². The van der Waals surface area contributed by atoms with E-state index in [-0.39, 0.29) is 11.6 Å². The van der Waals surface area contributed by atoms with Gasteiger partial charge in [-0.2, -0.15) is 0 Å². The van der Waals surface area contributed by atoms with Crippen molar-refractivity contribution in [2.24, 2.45) is 5.92 Å². The maximum absolute atomic E-state index is 12.9. The van der Waals surface area contributed by atoms with Crippen molar-refractivity contribution in [3.05, 3.63) is 47.2 Å². The molecule has 2 aliphatic heterocycles. The summed E-state index contributed by atoms with van der Waals surface area (Å²) in [4.78, 5) is 15.4. The van der Waals surface area contributed by atoms with Gasteiger partial charge in [-0.05, 0) is 57.1 Å². The lowest BCUT2D eigenvalue weighted by atomic mass is 9.71. The molecule has 1 saturated heterocycles. The maximum Gasteiger partial charge on any atom is 0.249 e. The van der Waals surface area contributed by atoms with Gasteiger partial charge in [0.15, 0.2) is 0 Å². The van der Waals surface area contributed by atoms with E-state index in [2.05, 4.69) is 34.6 Å². The van der Waals surface area contributed by atoms with Crippen LogP contribution in [0, 0.1) is 5.92 Å². The van der Waals surface area contributed by atoms with Gasteiger partial charge in [0.2, 0.25) is 5.91 Å². The van der Waals surface area contributed by atoms with Crippen LogP contribution in [0.25, 0.3) is 0 Å². The SMILES string of the molecule is CC1=C(C(=O)NCc2ccccc2)C2CCCC3(C2)NCCCN13. The summed E-state index contributed by atoms with van der Waals surface area (Å²) in [6.45, 7) is 4.93. The van der Waals surface area contributed by atoms with E-state index in [4.69, 9.17) is 0 Å². The van der Waals surface area contributed by atoms with Gasteiger partial charge in [0.25, 0.3) is 0 Å². The highest BCUT2D eigenvalue weighted by molar-refractivity contribution is 5.94. The van der Waals surface area contributed by atoms with Gasteiger partial charge in [0, 0.05) is 24.4 Å². The quantitative estimate of drug-likeness (QED) is 0.898. The second-order valence-corrected chi connectivity index (χ2v) is 7.42. The normalized spacial score (nSPS) is 29.2. The zero-order valence-corrected chi connectivity index (χ0v) is 14.5. The summed E-state index contributed by atoms with van der Waals surface area (Å²) in [5, 5.41) is 6.93. The van der Waals surface area contributed by atoms with Crippen molar-refractivity contribution < 1.29 is 4.79 Å². The number of rotatable bonds is 3. The first-order chi connectivity index (χ1) is 11.7. The van der Waals surface area contributed by atoms with Crippen molar-refractivity contribution >= 4 is 5.91 Å². The molecular formula is C20H27N3O. The summed E-state index contributed by atoms with van der Waals surface area (Å²) in [5.74, 6) is 0.527. The van der Waals surface area contributed by atoms with Gasteiger partial charge in [-0.3, -0.25) is 10.1 Å². The highest BCUT2D eigenvalue weighted by Gasteiger charge is 2.48. The maximum atomic E-state index is 12.9. The van der Waals surface area contributed by atoms with Crippen molar-refractivity contribution in [3.63, 3.8) is 0 Å². The van der Waals surface area contributed by atoms with Gasteiger partial charge in [-0.25, -0.2) is 0 Å². The molecule has 1 aromatic rings. The fourth-order valence-corrected chi connectivity index (χ4v) is 4.93. The molecule has 24 heavy (non-hydrogen) atoms. The average Bonchev–Trinajstić information content (AvgIpc) is 2.61. The van der Waals surface area contributed by atoms with E-state index in [0.717, 1.165) is 43.5 Å². The molecule has 1 saturated carbocycles. The second kappa shape index (κ2) is 6.25. The fraction of sp³-hybridized carbons (Fsp3) is 0.550. The van der Waals surface area contributed by atoms with Crippen molar-refractivity contribution in [1.82, 2.24) is 15.5 Å². The number of benzene rings is 1. The molecule has 1 spiro atoms. The number of fused-ring (bicyclic) bond motifs is 1. The Bertz CT molecular complexity index is 650. The minimum absolute atomic E-state index is 0.120. The third-order valence-electron chi connectivity index (χ3n) is 6.00. The highest BCUT2D eigenvalue weighted by Crippen LogP contribution is 2.46. The molecule has 2 heterocycles. The van der Waals surface area contributed by atoms with E-state index < -0.39 is 0 Å². The van der Waals surface area contributed by atoms with Crippen LogP contribution < -0.4 is 10.6 Å². The van der Waals surface area contributed by atoms with Crippen molar-refractivity contribution in [2.45, 2.75) is 51.2 Å². The van der Waals surface area contributed by atoms with Gasteiger partial charge in [-0.15, -0.1) is 0 Å². The van der Waals surface area contributed by atoms with E-state index in [1.165, 1.54) is 18.5 Å². The Labute approximate surface area is 144 Å². The van der Waals surface area contributed by atoms with E-state index in [9.17, 15) is 4.79 Å². The molecule has 2 N–H and O–H groups in total. The zero-order chi connectivity index (χ0) is 16.6. The molecule has 4 rings (SSSR count). The Morgan fingerprint density at radius 1 is 1.33 bits per heavy atom. The molecule has 128 valence electrons. The first-order valence-electron chi connectivity index (χ1n) is 9.25. The molecule has 2 atom stereocenters. The van der Waals surface area contributed by atoms with E-state index in [1.807, 2.05) is 18.2 Å². The monoisotopic (exact) mass is 325 g/mol. The first kappa shape index (κ1) is 15.7. The van der Waals surface area contributed by atoms with E-state index >= 15 is 0 Å². The van der Waals surface area contributed by atoms with Gasteiger partial charge < -0.3 is 10.2 Å². The lowest BCUT2D eigenvalue weighted by Crippen LogP contribution is -2.66. The summed E-state index contributed by atoms with van der Waals surface area (Å²) >= 11 is 0. The van der Waals surface area contributed by atoms with Crippen molar-refractivity contribution in [1.29, 1.82) is 0 Å². The van der Waals surface area contributed by atoms with E-state index in [1.54, 1.807) is 0 Å². The molecule has 0 aromatic heterocycles. The lowest BCUT2D eigenvalue weighted by Gasteiger charge is -2.57. The van der Waals surface area contributed by atoms with Crippen LogP contribution in [0.4, 0.5) is 0 Å². The summed E-state index contributed by atoms with van der Waals surface area (Å²) in [5.41, 5.74) is 3.50. The smallest absolute Gasteiger partial charge is 0.249 e. The minimum atomic E-state index is 0.120. The van der Waals surface area contributed by atoms with E-state index in [0.29, 0.717) is 12.5 Å². The minimum Gasteiger partial charge on any atom is -0.356 e. The van der Waals surface area contributed by atoms with Gasteiger partial charge in [0.1, 0.15) is 0 Å². The Balaban J connectivity index is 1.56. The number of amides is 1. The number of hydrogen-bond donors (Lipinski definition) is 2. The lowest BCUT2D eigenvalue weighted by molar-refractivity contribution is -0.119. The van der Waals surface area contributed by atoms with Crippen LogP contribution in [0.5, 0.6) is 0 Å². The zero-order valence-electron chi connectivity index (χ0n) is 14.5. The largest absolute Gasteiger partial charge is 0.356 e. The van der Waals surface area contributed by atoms with Gasteiger partial charge in [-0.1, -0.05) is 30.3 Å². The highest BCUT2D eigenvalue weighted by atomic mass is 16.1. The molecule has 1 aliphatic carbocycles. The summed E-state index contributed by atoms with van der Waals surface area (Å²) < 4.78 is 0. The Morgan fingerprint density at radius 3 is 3.00 bits per heavy atom. The number of hydrogen-bond acceptors (Lipinski definition) is 3. The number of carbonyl (C=O) groups excluding carboxylic acids is 1. The average molecular weight is 325 g/mol. The predicted molar refractivity (Wildman–Crippen MR) is 95.0 cm³/mol. The Morgan fingerprint density at radius 2 is 2.17 bits per heavy atom. The van der Waals surface area contributed by atoms with Crippen LogP contribution in [0.3, 0.4) is 0 Å². The first-order valence-corrected chi connectivity index (χ1v) is 9.25. The molecule has 1 aromatic carbocycles.